The quantitative estimate of drug-likeness (QED) is 0.153. The minimum atomic E-state index is 0.907. The van der Waals surface area contributed by atoms with Crippen LogP contribution in [0.15, 0.2) is 255 Å². The maximum absolute atomic E-state index is 5.37. The topological polar surface area (TPSA) is 35.6 Å². The molecule has 0 bridgehead atoms. The molecule has 0 amide bonds. The van der Waals surface area contributed by atoms with E-state index in [4.69, 9.17) is 9.97 Å². The Balaban J connectivity index is 1.22. The van der Waals surface area contributed by atoms with Crippen LogP contribution in [0.25, 0.3) is 122 Å². The molecule has 0 spiro atoms. The van der Waals surface area contributed by atoms with Gasteiger partial charge < -0.3 is 9.13 Å². The van der Waals surface area contributed by atoms with Gasteiger partial charge in [0.1, 0.15) is 0 Å². The van der Waals surface area contributed by atoms with Gasteiger partial charge in [-0.05, 0) is 71.8 Å². The van der Waals surface area contributed by atoms with Gasteiger partial charge in [-0.25, -0.2) is 9.97 Å². The Morgan fingerprint density at radius 3 is 0.750 bits per heavy atom. The fourth-order valence-corrected chi connectivity index (χ4v) is 10.2. The molecule has 13 aromatic rings. The zero-order valence-corrected chi connectivity index (χ0v) is 37.0. The SMILES string of the molecule is c1ccc(-c2cc(-c3cc(-c4cc(-c5ccccc5)nc(-c5ccccc5)c4)c(-n4c5ccccc5c5ccccc54)cc3-n3c4ccccc4c4ccccc43)cc(-c3ccccc3)n2)cc1. The number of para-hydroxylation sites is 4. The highest BCUT2D eigenvalue weighted by atomic mass is 15.0. The summed E-state index contributed by atoms with van der Waals surface area (Å²) >= 11 is 0. The van der Waals surface area contributed by atoms with Crippen LogP contribution in [-0.4, -0.2) is 19.1 Å². The minimum Gasteiger partial charge on any atom is -0.309 e. The zero-order chi connectivity index (χ0) is 45.0. The van der Waals surface area contributed by atoms with Gasteiger partial charge in [0, 0.05) is 54.9 Å². The molecule has 0 aliphatic rings. The second-order valence-corrected chi connectivity index (χ2v) is 17.3. The van der Waals surface area contributed by atoms with E-state index in [9.17, 15) is 0 Å². The molecule has 4 heterocycles. The first-order chi connectivity index (χ1) is 33.7. The number of hydrogen-bond donors (Lipinski definition) is 0. The maximum atomic E-state index is 5.37. The van der Waals surface area contributed by atoms with Crippen LogP contribution in [0.5, 0.6) is 0 Å². The van der Waals surface area contributed by atoms with Crippen molar-refractivity contribution < 1.29 is 0 Å². The third-order valence-electron chi connectivity index (χ3n) is 13.3. The summed E-state index contributed by atoms with van der Waals surface area (Å²) in [6.07, 6.45) is 0. The fraction of sp³-hybridized carbons (Fsp3) is 0. The van der Waals surface area contributed by atoms with Gasteiger partial charge in [0.25, 0.3) is 0 Å². The van der Waals surface area contributed by atoms with Crippen molar-refractivity contribution in [2.45, 2.75) is 0 Å². The molecule has 0 radical (unpaired) electrons. The van der Waals surface area contributed by atoms with E-state index in [1.807, 2.05) is 0 Å². The van der Waals surface area contributed by atoms with Crippen molar-refractivity contribution in [3.63, 3.8) is 0 Å². The summed E-state index contributed by atoms with van der Waals surface area (Å²) in [5, 5.41) is 4.82. The van der Waals surface area contributed by atoms with Gasteiger partial charge >= 0.3 is 0 Å². The molecule has 4 aromatic heterocycles. The van der Waals surface area contributed by atoms with Gasteiger partial charge in [0.05, 0.1) is 56.2 Å². The summed E-state index contributed by atoms with van der Waals surface area (Å²) in [4.78, 5) is 10.7. The molecular weight excluding hydrogens is 825 g/mol. The third-order valence-corrected chi connectivity index (χ3v) is 13.3. The maximum Gasteiger partial charge on any atom is 0.0715 e. The van der Waals surface area contributed by atoms with Crippen LogP contribution in [0.1, 0.15) is 0 Å². The second kappa shape index (κ2) is 16.4. The van der Waals surface area contributed by atoms with Gasteiger partial charge in [-0.3, -0.25) is 0 Å². The minimum absolute atomic E-state index is 0.907. The molecule has 0 aliphatic heterocycles. The van der Waals surface area contributed by atoms with Gasteiger partial charge in [-0.1, -0.05) is 194 Å². The predicted molar refractivity (Wildman–Crippen MR) is 283 cm³/mol. The molecule has 68 heavy (non-hydrogen) atoms. The summed E-state index contributed by atoms with van der Waals surface area (Å²) in [7, 11) is 0. The summed E-state index contributed by atoms with van der Waals surface area (Å²) in [6.45, 7) is 0. The number of aromatic nitrogens is 4. The van der Waals surface area contributed by atoms with Gasteiger partial charge in [-0.2, -0.15) is 0 Å². The first-order valence-corrected chi connectivity index (χ1v) is 23.2. The average Bonchev–Trinajstić information content (AvgIpc) is 3.94. The largest absolute Gasteiger partial charge is 0.309 e. The smallest absolute Gasteiger partial charge is 0.0715 e. The first-order valence-electron chi connectivity index (χ1n) is 23.2. The van der Waals surface area contributed by atoms with Crippen LogP contribution in [-0.2, 0) is 0 Å². The van der Waals surface area contributed by atoms with Gasteiger partial charge in [0.2, 0.25) is 0 Å². The van der Waals surface area contributed by atoms with Crippen molar-refractivity contribution in [2.75, 3.05) is 0 Å². The van der Waals surface area contributed by atoms with E-state index < -0.39 is 0 Å². The number of rotatable bonds is 8. The van der Waals surface area contributed by atoms with Gasteiger partial charge in [0.15, 0.2) is 0 Å². The Morgan fingerprint density at radius 2 is 0.471 bits per heavy atom. The molecule has 4 heteroatoms. The molecule has 0 unspecified atom stereocenters. The van der Waals surface area contributed by atoms with Crippen molar-refractivity contribution in [1.29, 1.82) is 0 Å². The first kappa shape index (κ1) is 39.3. The van der Waals surface area contributed by atoms with Crippen molar-refractivity contribution in [3.05, 3.63) is 255 Å². The standard InChI is InChI=1S/C64H42N4/c1-5-21-43(22-6-1)55-37-47(38-56(65-55)44-23-7-2-8-24-44)53-41-54(48-39-57(45-25-9-3-10-26-45)66-58(40-48)46-27-11-4-12-28-46)64(68-61-35-19-15-31-51(61)52-32-16-20-36-62(52)68)42-63(53)67-59-33-17-13-29-49(59)50-30-14-18-34-60(50)67/h1-42H. The molecule has 4 nitrogen and oxygen atoms in total. The lowest BCUT2D eigenvalue weighted by atomic mass is 9.92. The Hall–Kier alpha value is -9.12. The van der Waals surface area contributed by atoms with E-state index in [-0.39, 0.29) is 0 Å². The number of benzene rings is 9. The van der Waals surface area contributed by atoms with Crippen molar-refractivity contribution in [3.8, 4) is 78.7 Å². The van der Waals surface area contributed by atoms with Crippen LogP contribution >= 0.6 is 0 Å². The molecule has 0 saturated carbocycles. The highest BCUT2D eigenvalue weighted by Crippen LogP contribution is 2.45. The van der Waals surface area contributed by atoms with Crippen molar-refractivity contribution in [1.82, 2.24) is 19.1 Å². The lowest BCUT2D eigenvalue weighted by molar-refractivity contribution is 1.14. The highest BCUT2D eigenvalue weighted by molar-refractivity contribution is 6.12. The number of hydrogen-bond acceptors (Lipinski definition) is 2. The van der Waals surface area contributed by atoms with Crippen molar-refractivity contribution >= 4 is 43.6 Å². The molecule has 0 fully saturated rings. The monoisotopic (exact) mass is 866 g/mol. The van der Waals surface area contributed by atoms with E-state index in [2.05, 4.69) is 264 Å². The van der Waals surface area contributed by atoms with E-state index >= 15 is 0 Å². The fourth-order valence-electron chi connectivity index (χ4n) is 10.2. The molecule has 9 aromatic carbocycles. The molecule has 0 aliphatic carbocycles. The zero-order valence-electron chi connectivity index (χ0n) is 37.0. The Morgan fingerprint density at radius 1 is 0.221 bits per heavy atom. The Bertz CT molecular complexity index is 3520. The summed E-state index contributed by atoms with van der Waals surface area (Å²) < 4.78 is 4.95. The normalized spacial score (nSPS) is 11.5. The molecule has 0 N–H and O–H groups in total. The van der Waals surface area contributed by atoms with Gasteiger partial charge in [-0.15, -0.1) is 0 Å². The number of nitrogens with zero attached hydrogens (tertiary/aromatic N) is 4. The average molecular weight is 867 g/mol. The molecule has 0 atom stereocenters. The summed E-state index contributed by atoms with van der Waals surface area (Å²) in [5.74, 6) is 0. The van der Waals surface area contributed by atoms with E-state index in [0.717, 1.165) is 101 Å². The highest BCUT2D eigenvalue weighted by Gasteiger charge is 2.24. The van der Waals surface area contributed by atoms with E-state index in [0.29, 0.717) is 0 Å². The lowest BCUT2D eigenvalue weighted by Crippen LogP contribution is -2.05. The summed E-state index contributed by atoms with van der Waals surface area (Å²) in [6, 6.07) is 91.4. The van der Waals surface area contributed by atoms with E-state index in [1.54, 1.807) is 0 Å². The Kier molecular flexibility index (Phi) is 9.47. The predicted octanol–water partition coefficient (Wildman–Crippen LogP) is 16.7. The van der Waals surface area contributed by atoms with E-state index in [1.165, 1.54) is 21.5 Å². The van der Waals surface area contributed by atoms with Crippen LogP contribution in [0, 0.1) is 0 Å². The third kappa shape index (κ3) is 6.69. The lowest BCUT2D eigenvalue weighted by Gasteiger charge is -2.22. The van der Waals surface area contributed by atoms with Crippen LogP contribution in [0.3, 0.4) is 0 Å². The molecule has 0 saturated heterocycles. The van der Waals surface area contributed by atoms with Crippen LogP contribution in [0.2, 0.25) is 0 Å². The molecule has 13 rings (SSSR count). The van der Waals surface area contributed by atoms with Crippen molar-refractivity contribution in [2.24, 2.45) is 0 Å². The van der Waals surface area contributed by atoms with Crippen LogP contribution < -0.4 is 0 Å². The Labute approximate surface area is 394 Å². The second-order valence-electron chi connectivity index (χ2n) is 17.3. The number of fused-ring (bicyclic) bond motifs is 6. The van der Waals surface area contributed by atoms with Crippen LogP contribution in [0.4, 0.5) is 0 Å². The summed E-state index contributed by atoms with van der Waals surface area (Å²) in [5.41, 5.74) is 18.8. The molecule has 318 valence electrons. The molecular formula is C64H42N4. The number of pyridine rings is 2.